The van der Waals surface area contributed by atoms with E-state index in [1.54, 1.807) is 11.4 Å². The summed E-state index contributed by atoms with van der Waals surface area (Å²) in [6.45, 7) is 0.117. The molecule has 0 unspecified atom stereocenters. The van der Waals surface area contributed by atoms with Crippen LogP contribution in [0.2, 0.25) is 5.02 Å². The zero-order valence-corrected chi connectivity index (χ0v) is 13.1. The monoisotopic (exact) mass is 378 g/mol. The maximum Gasteiger partial charge on any atom is 0.275 e. The summed E-state index contributed by atoms with van der Waals surface area (Å²) in [7, 11) is 0. The number of hydrazine groups is 1. The van der Waals surface area contributed by atoms with Crippen molar-refractivity contribution in [2.45, 2.75) is 6.61 Å². The van der Waals surface area contributed by atoms with Crippen LogP contribution in [0.4, 0.5) is 4.39 Å². The van der Waals surface area contributed by atoms with E-state index in [-0.39, 0.29) is 17.5 Å². The van der Waals surface area contributed by atoms with Crippen molar-refractivity contribution in [2.75, 3.05) is 0 Å². The van der Waals surface area contributed by atoms with Crippen LogP contribution in [-0.2, 0) is 6.61 Å². The zero-order valence-electron chi connectivity index (χ0n) is 9.95. The number of hydrogen-bond donors (Lipinski definition) is 2. The summed E-state index contributed by atoms with van der Waals surface area (Å²) in [6.07, 6.45) is 0. The van der Waals surface area contributed by atoms with Crippen LogP contribution in [0.1, 0.15) is 15.2 Å². The molecule has 106 valence electrons. The first kappa shape index (κ1) is 15.2. The number of carbonyl (C=O) groups is 1. The van der Waals surface area contributed by atoms with Gasteiger partial charge in [-0.05, 0) is 33.4 Å². The van der Waals surface area contributed by atoms with Crippen molar-refractivity contribution in [1.29, 1.82) is 0 Å². The van der Waals surface area contributed by atoms with E-state index < -0.39 is 5.82 Å². The molecule has 0 radical (unpaired) electrons. The molecule has 2 rings (SSSR count). The Kier molecular flexibility index (Phi) is 4.98. The van der Waals surface area contributed by atoms with Gasteiger partial charge in [-0.3, -0.25) is 10.2 Å². The SMILES string of the molecule is NNC(=O)c1sccc1COc1cc(F)c(Cl)cc1Br. The van der Waals surface area contributed by atoms with Crippen LogP contribution in [0.15, 0.2) is 28.1 Å². The number of nitrogen functional groups attached to an aromatic ring is 1. The highest BCUT2D eigenvalue weighted by atomic mass is 79.9. The number of nitrogens with one attached hydrogen (secondary N) is 1. The summed E-state index contributed by atoms with van der Waals surface area (Å²) < 4.78 is 19.4. The molecule has 1 aromatic carbocycles. The molecule has 1 amide bonds. The van der Waals surface area contributed by atoms with Crippen molar-refractivity contribution in [2.24, 2.45) is 5.84 Å². The Balaban J connectivity index is 2.15. The van der Waals surface area contributed by atoms with E-state index in [1.165, 1.54) is 23.5 Å². The second kappa shape index (κ2) is 6.53. The Morgan fingerprint density at radius 3 is 3.00 bits per heavy atom. The average molecular weight is 380 g/mol. The molecular formula is C12H9BrClFN2O2S. The van der Waals surface area contributed by atoms with Crippen LogP contribution in [0.3, 0.4) is 0 Å². The number of thiophene rings is 1. The van der Waals surface area contributed by atoms with Crippen molar-refractivity contribution >= 4 is 44.8 Å². The van der Waals surface area contributed by atoms with Gasteiger partial charge in [-0.25, -0.2) is 10.2 Å². The zero-order chi connectivity index (χ0) is 14.7. The van der Waals surface area contributed by atoms with E-state index >= 15 is 0 Å². The summed E-state index contributed by atoms with van der Waals surface area (Å²) in [5, 5.41) is 1.75. The van der Waals surface area contributed by atoms with Gasteiger partial charge in [-0.2, -0.15) is 0 Å². The predicted molar refractivity (Wildman–Crippen MR) is 79.4 cm³/mol. The van der Waals surface area contributed by atoms with Crippen LogP contribution in [0.5, 0.6) is 5.75 Å². The predicted octanol–water partition coefficient (Wildman–Crippen LogP) is 3.49. The summed E-state index contributed by atoms with van der Waals surface area (Å²) in [6, 6.07) is 4.34. The van der Waals surface area contributed by atoms with Gasteiger partial charge in [-0.15, -0.1) is 11.3 Å². The number of halogens is 3. The Bertz CT molecular complexity index is 650. The fourth-order valence-corrected chi connectivity index (χ4v) is 3.05. The number of rotatable bonds is 4. The van der Waals surface area contributed by atoms with Gasteiger partial charge < -0.3 is 4.74 Å². The maximum absolute atomic E-state index is 13.4. The highest BCUT2D eigenvalue weighted by Crippen LogP contribution is 2.31. The molecule has 0 saturated heterocycles. The Morgan fingerprint density at radius 2 is 2.30 bits per heavy atom. The van der Waals surface area contributed by atoms with E-state index in [2.05, 4.69) is 21.4 Å². The molecular weight excluding hydrogens is 371 g/mol. The largest absolute Gasteiger partial charge is 0.488 e. The minimum atomic E-state index is -0.574. The van der Waals surface area contributed by atoms with Gasteiger partial charge in [0, 0.05) is 11.6 Å². The lowest BCUT2D eigenvalue weighted by Gasteiger charge is -2.09. The second-order valence-corrected chi connectivity index (χ2v) is 5.91. The fraction of sp³-hybridized carbons (Fsp3) is 0.0833. The van der Waals surface area contributed by atoms with Crippen molar-refractivity contribution in [3.63, 3.8) is 0 Å². The van der Waals surface area contributed by atoms with Crippen LogP contribution in [-0.4, -0.2) is 5.91 Å². The molecule has 8 heteroatoms. The van der Waals surface area contributed by atoms with Crippen molar-refractivity contribution < 1.29 is 13.9 Å². The second-order valence-electron chi connectivity index (χ2n) is 3.73. The number of nitrogens with two attached hydrogens (primary N) is 1. The van der Waals surface area contributed by atoms with Crippen LogP contribution >= 0.6 is 38.9 Å². The minimum absolute atomic E-state index is 0.00274. The quantitative estimate of drug-likeness (QED) is 0.370. The molecule has 3 N–H and O–H groups in total. The third kappa shape index (κ3) is 3.29. The normalized spacial score (nSPS) is 10.4. The molecule has 0 aliphatic rings. The lowest BCUT2D eigenvalue weighted by atomic mass is 10.2. The number of amides is 1. The third-order valence-corrected chi connectivity index (χ3v) is 4.31. The molecule has 0 saturated carbocycles. The molecule has 0 aliphatic carbocycles. The Labute approximate surface area is 131 Å². The summed E-state index contributed by atoms with van der Waals surface area (Å²) in [5.41, 5.74) is 2.73. The van der Waals surface area contributed by atoms with Crippen molar-refractivity contribution in [3.05, 3.63) is 49.3 Å². The van der Waals surface area contributed by atoms with Crippen LogP contribution < -0.4 is 16.0 Å². The molecule has 0 spiro atoms. The van der Waals surface area contributed by atoms with Gasteiger partial charge in [0.2, 0.25) is 0 Å². The molecule has 4 nitrogen and oxygen atoms in total. The smallest absolute Gasteiger partial charge is 0.275 e. The van der Waals surface area contributed by atoms with Gasteiger partial charge in [-0.1, -0.05) is 11.6 Å². The van der Waals surface area contributed by atoms with Gasteiger partial charge in [0.15, 0.2) is 0 Å². The first-order chi connectivity index (χ1) is 9.52. The third-order valence-electron chi connectivity index (χ3n) is 2.44. The van der Waals surface area contributed by atoms with E-state index in [0.29, 0.717) is 20.7 Å². The maximum atomic E-state index is 13.4. The van der Waals surface area contributed by atoms with Gasteiger partial charge >= 0.3 is 0 Å². The number of ether oxygens (including phenoxy) is 1. The highest BCUT2D eigenvalue weighted by Gasteiger charge is 2.14. The molecule has 20 heavy (non-hydrogen) atoms. The molecule has 0 aliphatic heterocycles. The summed E-state index contributed by atoms with van der Waals surface area (Å²) in [4.78, 5) is 12.0. The lowest BCUT2D eigenvalue weighted by molar-refractivity contribution is 0.0955. The summed E-state index contributed by atoms with van der Waals surface area (Å²) in [5.74, 6) is 4.43. The van der Waals surface area contributed by atoms with E-state index in [1.807, 2.05) is 0 Å². The van der Waals surface area contributed by atoms with E-state index in [4.69, 9.17) is 22.2 Å². The van der Waals surface area contributed by atoms with Crippen LogP contribution in [0.25, 0.3) is 0 Å². The fourth-order valence-electron chi connectivity index (χ4n) is 1.48. The molecule has 1 aromatic heterocycles. The number of hydrogen-bond acceptors (Lipinski definition) is 4. The number of benzene rings is 1. The molecule has 2 aromatic rings. The summed E-state index contributed by atoms with van der Waals surface area (Å²) >= 11 is 10.1. The van der Waals surface area contributed by atoms with Gasteiger partial charge in [0.25, 0.3) is 5.91 Å². The van der Waals surface area contributed by atoms with E-state index in [9.17, 15) is 9.18 Å². The first-order valence-corrected chi connectivity index (χ1v) is 7.42. The molecule has 1 heterocycles. The van der Waals surface area contributed by atoms with Crippen molar-refractivity contribution in [3.8, 4) is 5.75 Å². The molecule has 0 bridgehead atoms. The minimum Gasteiger partial charge on any atom is -0.488 e. The average Bonchev–Trinajstić information content (AvgIpc) is 2.89. The topological polar surface area (TPSA) is 64.3 Å². The number of carbonyl (C=O) groups excluding carboxylic acids is 1. The Hall–Kier alpha value is -1.15. The van der Waals surface area contributed by atoms with Crippen LogP contribution in [0, 0.1) is 5.82 Å². The lowest BCUT2D eigenvalue weighted by Crippen LogP contribution is -2.30. The Morgan fingerprint density at radius 1 is 1.55 bits per heavy atom. The standard InChI is InChI=1S/C12H9BrClFN2O2S/c13-7-3-8(14)9(15)4-10(7)19-5-6-1-2-20-11(6)12(18)17-16/h1-4H,5,16H2,(H,17,18). The molecule has 0 atom stereocenters. The van der Waals surface area contributed by atoms with Gasteiger partial charge in [0.1, 0.15) is 18.2 Å². The molecule has 0 fully saturated rings. The van der Waals surface area contributed by atoms with Gasteiger partial charge in [0.05, 0.1) is 14.4 Å². The first-order valence-electron chi connectivity index (χ1n) is 5.37. The van der Waals surface area contributed by atoms with E-state index in [0.717, 1.165) is 0 Å². The highest BCUT2D eigenvalue weighted by molar-refractivity contribution is 9.10. The van der Waals surface area contributed by atoms with Crippen molar-refractivity contribution in [1.82, 2.24) is 5.43 Å².